The molecule has 1 fully saturated rings. The molecule has 0 bridgehead atoms. The van der Waals surface area contributed by atoms with Crippen LogP contribution in [0, 0.1) is 0 Å². The first-order valence-corrected chi connectivity index (χ1v) is 8.19. The summed E-state index contributed by atoms with van der Waals surface area (Å²) in [5, 5.41) is 9.15. The second kappa shape index (κ2) is 5.69. The smallest absolute Gasteiger partial charge is 0.209 e. The van der Waals surface area contributed by atoms with Gasteiger partial charge < -0.3 is 19.3 Å². The van der Waals surface area contributed by atoms with Crippen LogP contribution in [0.25, 0.3) is 0 Å². The van der Waals surface area contributed by atoms with Gasteiger partial charge in [-0.1, -0.05) is 0 Å². The van der Waals surface area contributed by atoms with Gasteiger partial charge in [0, 0.05) is 11.8 Å². The summed E-state index contributed by atoms with van der Waals surface area (Å²) in [6.07, 6.45) is 0.593. The number of aliphatic hydroxyl groups excluding tert-OH is 1. The molecular formula is C13H18O6S. The van der Waals surface area contributed by atoms with E-state index >= 15 is 0 Å². The summed E-state index contributed by atoms with van der Waals surface area (Å²) < 4.78 is 39.6. The van der Waals surface area contributed by atoms with Crippen molar-refractivity contribution >= 4 is 9.84 Å². The van der Waals surface area contributed by atoms with Gasteiger partial charge in [0.1, 0.15) is 17.6 Å². The summed E-state index contributed by atoms with van der Waals surface area (Å²) in [6.45, 7) is -0.0697. The fraction of sp³-hybridized carbons (Fsp3) is 0.538. The zero-order valence-corrected chi connectivity index (χ0v) is 12.2. The van der Waals surface area contributed by atoms with E-state index in [0.29, 0.717) is 11.3 Å². The van der Waals surface area contributed by atoms with Crippen molar-refractivity contribution in [2.24, 2.45) is 0 Å². The highest BCUT2D eigenvalue weighted by Crippen LogP contribution is 2.36. The van der Waals surface area contributed by atoms with Gasteiger partial charge in [-0.15, -0.1) is 0 Å². The Morgan fingerprint density at radius 3 is 2.50 bits per heavy atom. The highest BCUT2D eigenvalue weighted by molar-refractivity contribution is 7.90. The molecule has 0 aromatic heterocycles. The van der Waals surface area contributed by atoms with Gasteiger partial charge in [-0.05, 0) is 24.3 Å². The molecule has 20 heavy (non-hydrogen) atoms. The molecule has 0 unspecified atom stereocenters. The lowest BCUT2D eigenvalue weighted by molar-refractivity contribution is -0.162. The molecule has 1 aliphatic heterocycles. The van der Waals surface area contributed by atoms with Gasteiger partial charge in [0.2, 0.25) is 5.79 Å². The van der Waals surface area contributed by atoms with E-state index in [1.54, 1.807) is 31.4 Å². The van der Waals surface area contributed by atoms with Gasteiger partial charge in [0.05, 0.1) is 20.3 Å². The lowest BCUT2D eigenvalue weighted by Gasteiger charge is -2.27. The van der Waals surface area contributed by atoms with Crippen molar-refractivity contribution in [1.29, 1.82) is 0 Å². The standard InChI is InChI=1S/C13H18O6S/c1-17-11-5-3-10(4-6-11)13(9-20(2,15)16)18-8-12(7-14)19-13/h3-6,12,14H,7-9H2,1-2H3/t12-,13-/m0/s1. The summed E-state index contributed by atoms with van der Waals surface area (Å²) in [5.74, 6) is -1.02. The Hall–Kier alpha value is -1.15. The van der Waals surface area contributed by atoms with Gasteiger partial charge >= 0.3 is 0 Å². The summed E-state index contributed by atoms with van der Waals surface area (Å²) >= 11 is 0. The second-order valence-electron chi connectivity index (χ2n) is 4.78. The van der Waals surface area contributed by atoms with E-state index in [0.717, 1.165) is 6.26 Å². The number of benzene rings is 1. The van der Waals surface area contributed by atoms with Crippen LogP contribution < -0.4 is 4.74 Å². The van der Waals surface area contributed by atoms with Crippen molar-refractivity contribution in [3.05, 3.63) is 29.8 Å². The van der Waals surface area contributed by atoms with E-state index in [-0.39, 0.29) is 19.0 Å². The van der Waals surface area contributed by atoms with E-state index in [1.807, 2.05) is 0 Å². The Morgan fingerprint density at radius 2 is 2.05 bits per heavy atom. The summed E-state index contributed by atoms with van der Waals surface area (Å²) in [5.41, 5.74) is 0.583. The Kier molecular flexibility index (Phi) is 4.33. The second-order valence-corrected chi connectivity index (χ2v) is 6.93. The molecule has 2 atom stereocenters. The van der Waals surface area contributed by atoms with Crippen molar-refractivity contribution in [2.45, 2.75) is 11.9 Å². The summed E-state index contributed by atoms with van der Waals surface area (Å²) in [4.78, 5) is 0. The quantitative estimate of drug-likeness (QED) is 0.842. The number of ether oxygens (including phenoxy) is 3. The number of rotatable bonds is 5. The SMILES string of the molecule is COc1ccc([C@@]2(CS(C)(=O)=O)OC[C@H](CO)O2)cc1. The van der Waals surface area contributed by atoms with E-state index in [2.05, 4.69) is 0 Å². The van der Waals surface area contributed by atoms with Crippen molar-refractivity contribution in [2.75, 3.05) is 32.3 Å². The van der Waals surface area contributed by atoms with E-state index in [4.69, 9.17) is 19.3 Å². The minimum Gasteiger partial charge on any atom is -0.497 e. The van der Waals surface area contributed by atoms with Gasteiger partial charge in [-0.2, -0.15) is 0 Å². The summed E-state index contributed by atoms with van der Waals surface area (Å²) in [7, 11) is -1.78. The molecule has 0 amide bonds. The molecule has 0 saturated carbocycles. The summed E-state index contributed by atoms with van der Waals surface area (Å²) in [6, 6.07) is 6.81. The minimum atomic E-state index is -3.32. The molecule has 0 aliphatic carbocycles. The molecule has 0 radical (unpaired) electrons. The maximum Gasteiger partial charge on any atom is 0.209 e. The van der Waals surface area contributed by atoms with Gasteiger partial charge in [0.25, 0.3) is 0 Å². The molecule has 6 nitrogen and oxygen atoms in total. The van der Waals surface area contributed by atoms with Gasteiger partial charge in [0.15, 0.2) is 9.84 Å². The lowest BCUT2D eigenvalue weighted by Crippen LogP contribution is -2.36. The van der Waals surface area contributed by atoms with E-state index < -0.39 is 21.7 Å². The Labute approximate surface area is 118 Å². The largest absolute Gasteiger partial charge is 0.497 e. The zero-order valence-electron chi connectivity index (χ0n) is 11.4. The monoisotopic (exact) mass is 302 g/mol. The van der Waals surface area contributed by atoms with Crippen LogP contribution in [-0.2, 0) is 25.1 Å². The highest BCUT2D eigenvalue weighted by atomic mass is 32.2. The van der Waals surface area contributed by atoms with Crippen LogP contribution in [0.2, 0.25) is 0 Å². The maximum absolute atomic E-state index is 11.6. The van der Waals surface area contributed by atoms with Gasteiger partial charge in [-0.3, -0.25) is 0 Å². The predicted octanol–water partition coefficient (Wildman–Crippen LogP) is 0.300. The molecular weight excluding hydrogens is 284 g/mol. The average Bonchev–Trinajstić information content (AvgIpc) is 2.81. The van der Waals surface area contributed by atoms with Crippen LogP contribution in [0.5, 0.6) is 5.75 Å². The van der Waals surface area contributed by atoms with Crippen LogP contribution in [0.3, 0.4) is 0 Å². The van der Waals surface area contributed by atoms with Crippen molar-refractivity contribution in [1.82, 2.24) is 0 Å². The molecule has 7 heteroatoms. The molecule has 2 rings (SSSR count). The maximum atomic E-state index is 11.6. The molecule has 1 aromatic carbocycles. The average molecular weight is 302 g/mol. The lowest BCUT2D eigenvalue weighted by atomic mass is 10.1. The highest BCUT2D eigenvalue weighted by Gasteiger charge is 2.45. The van der Waals surface area contributed by atoms with Crippen molar-refractivity contribution in [3.63, 3.8) is 0 Å². The Balaban J connectivity index is 2.35. The third kappa shape index (κ3) is 3.29. The molecule has 1 heterocycles. The predicted molar refractivity (Wildman–Crippen MR) is 72.3 cm³/mol. The van der Waals surface area contributed by atoms with Crippen molar-refractivity contribution < 1.29 is 27.7 Å². The minimum absolute atomic E-state index is 0.151. The van der Waals surface area contributed by atoms with E-state index in [9.17, 15) is 8.42 Å². The van der Waals surface area contributed by atoms with Crippen LogP contribution in [0.4, 0.5) is 0 Å². The van der Waals surface area contributed by atoms with Gasteiger partial charge in [-0.25, -0.2) is 8.42 Å². The van der Waals surface area contributed by atoms with Crippen LogP contribution >= 0.6 is 0 Å². The third-order valence-corrected chi connectivity index (χ3v) is 3.95. The molecule has 1 aromatic rings. The first-order valence-electron chi connectivity index (χ1n) is 6.13. The molecule has 1 saturated heterocycles. The third-order valence-electron chi connectivity index (χ3n) is 3.05. The van der Waals surface area contributed by atoms with E-state index in [1.165, 1.54) is 0 Å². The van der Waals surface area contributed by atoms with Crippen LogP contribution in [0.1, 0.15) is 5.56 Å². The first-order chi connectivity index (χ1) is 9.38. The fourth-order valence-corrected chi connectivity index (χ4v) is 3.16. The number of hydrogen-bond donors (Lipinski definition) is 1. The number of hydrogen-bond acceptors (Lipinski definition) is 6. The molecule has 1 N–H and O–H groups in total. The first kappa shape index (κ1) is 15.2. The fourth-order valence-electron chi connectivity index (χ4n) is 2.16. The molecule has 112 valence electrons. The topological polar surface area (TPSA) is 82.1 Å². The normalized spacial score (nSPS) is 26.6. The number of aliphatic hydroxyl groups is 1. The van der Waals surface area contributed by atoms with Crippen LogP contribution in [-0.4, -0.2) is 52.0 Å². The number of sulfone groups is 1. The molecule has 0 spiro atoms. The van der Waals surface area contributed by atoms with Crippen molar-refractivity contribution in [3.8, 4) is 5.75 Å². The molecule has 1 aliphatic rings. The van der Waals surface area contributed by atoms with Crippen LogP contribution in [0.15, 0.2) is 24.3 Å². The Morgan fingerprint density at radius 1 is 1.40 bits per heavy atom. The zero-order chi connectivity index (χ0) is 14.8. The Bertz CT molecular complexity index is 553. The number of methoxy groups -OCH3 is 1.